The molecule has 0 spiro atoms. The summed E-state index contributed by atoms with van der Waals surface area (Å²) in [5.74, 6) is 2.04. The fraction of sp³-hybridized carbons (Fsp3) is 0.818. The van der Waals surface area contributed by atoms with E-state index in [9.17, 15) is 9.59 Å². The molecule has 0 radical (unpaired) electrons. The van der Waals surface area contributed by atoms with Crippen LogP contribution in [0.15, 0.2) is 4.42 Å². The van der Waals surface area contributed by atoms with Crippen molar-refractivity contribution in [3.63, 3.8) is 0 Å². The van der Waals surface area contributed by atoms with Crippen molar-refractivity contribution in [2.45, 2.75) is 70.2 Å². The Bertz CT molecular complexity index is 821. The van der Waals surface area contributed by atoms with Crippen LogP contribution in [0, 0.1) is 18.8 Å². The lowest BCUT2D eigenvalue weighted by molar-refractivity contribution is -0.166. The number of piperidine rings is 4. The van der Waals surface area contributed by atoms with Crippen LogP contribution in [0.1, 0.15) is 50.3 Å². The molecule has 2 bridgehead atoms. The van der Waals surface area contributed by atoms with E-state index in [1.165, 1.54) is 0 Å². The number of carbonyl (C=O) groups excluding carboxylic acids is 2. The molecule has 9 heteroatoms. The van der Waals surface area contributed by atoms with E-state index in [1.807, 2.05) is 9.80 Å². The van der Waals surface area contributed by atoms with E-state index < -0.39 is 0 Å². The molecule has 9 nitrogen and oxygen atoms in total. The number of nitrogens with zero attached hydrogens (tertiary/aromatic N) is 5. The Kier molecular flexibility index (Phi) is 5.73. The summed E-state index contributed by atoms with van der Waals surface area (Å²) in [5.41, 5.74) is 0. The molecule has 4 aliphatic heterocycles. The molecule has 0 N–H and O–H groups in total. The second kappa shape index (κ2) is 8.50. The molecule has 0 aliphatic carbocycles. The molecule has 31 heavy (non-hydrogen) atoms. The number of hydrogen-bond donors (Lipinski definition) is 0. The minimum absolute atomic E-state index is 0.133. The van der Waals surface area contributed by atoms with Gasteiger partial charge < -0.3 is 19.0 Å². The average Bonchev–Trinajstić information content (AvgIpc) is 3.18. The van der Waals surface area contributed by atoms with Gasteiger partial charge in [-0.05, 0) is 38.0 Å². The highest BCUT2D eigenvalue weighted by atomic mass is 16.5. The van der Waals surface area contributed by atoms with Crippen molar-refractivity contribution in [3.8, 4) is 0 Å². The summed E-state index contributed by atoms with van der Waals surface area (Å²) in [4.78, 5) is 33.1. The fourth-order valence-electron chi connectivity index (χ4n) is 6.29. The second-order valence-corrected chi connectivity index (χ2v) is 9.63. The zero-order valence-corrected chi connectivity index (χ0v) is 18.5. The van der Waals surface area contributed by atoms with Gasteiger partial charge in [0.25, 0.3) is 0 Å². The van der Waals surface area contributed by atoms with Crippen molar-refractivity contribution in [2.75, 3.05) is 33.3 Å². The van der Waals surface area contributed by atoms with Gasteiger partial charge in [-0.3, -0.25) is 14.5 Å². The largest absolute Gasteiger partial charge is 0.424 e. The van der Waals surface area contributed by atoms with Crippen molar-refractivity contribution in [2.24, 2.45) is 11.8 Å². The fourth-order valence-corrected chi connectivity index (χ4v) is 6.29. The third-order valence-corrected chi connectivity index (χ3v) is 7.68. The van der Waals surface area contributed by atoms with Crippen molar-refractivity contribution in [1.82, 2.24) is 24.9 Å². The molecule has 4 fully saturated rings. The molecule has 4 atom stereocenters. The van der Waals surface area contributed by atoms with Gasteiger partial charge >= 0.3 is 0 Å². The monoisotopic (exact) mass is 431 g/mol. The number of ether oxygens (including phenoxy) is 1. The third-order valence-electron chi connectivity index (χ3n) is 7.68. The lowest BCUT2D eigenvalue weighted by Gasteiger charge is -2.56. The van der Waals surface area contributed by atoms with Crippen LogP contribution in [0.5, 0.6) is 0 Å². The predicted octanol–water partition coefficient (Wildman–Crippen LogP) is 1.22. The van der Waals surface area contributed by atoms with E-state index in [-0.39, 0.29) is 35.9 Å². The summed E-state index contributed by atoms with van der Waals surface area (Å²) in [6.07, 6.45) is 5.45. The summed E-state index contributed by atoms with van der Waals surface area (Å²) in [5, 5.41) is 8.11. The number of likely N-dealkylation sites (tertiary alicyclic amines) is 2. The Labute approximate surface area is 183 Å². The third kappa shape index (κ3) is 3.98. The van der Waals surface area contributed by atoms with Crippen molar-refractivity contribution in [3.05, 3.63) is 11.8 Å². The van der Waals surface area contributed by atoms with Crippen LogP contribution in [0.4, 0.5) is 0 Å². The van der Waals surface area contributed by atoms with E-state index in [1.54, 1.807) is 14.0 Å². The number of methoxy groups -OCH3 is 1. The van der Waals surface area contributed by atoms with E-state index in [4.69, 9.17) is 9.15 Å². The molecule has 170 valence electrons. The quantitative estimate of drug-likeness (QED) is 0.708. The minimum Gasteiger partial charge on any atom is -0.424 e. The van der Waals surface area contributed by atoms with Gasteiger partial charge in [0.1, 0.15) is 6.04 Å². The summed E-state index contributed by atoms with van der Waals surface area (Å²) < 4.78 is 11.1. The average molecular weight is 432 g/mol. The molecule has 4 saturated heterocycles. The maximum absolute atomic E-state index is 13.7. The summed E-state index contributed by atoms with van der Waals surface area (Å²) in [6.45, 7) is 5.51. The lowest BCUT2D eigenvalue weighted by atomic mass is 9.71. The predicted molar refractivity (Wildman–Crippen MR) is 111 cm³/mol. The maximum atomic E-state index is 13.7. The van der Waals surface area contributed by atoms with Crippen LogP contribution in [-0.2, 0) is 20.9 Å². The van der Waals surface area contributed by atoms with Crippen LogP contribution >= 0.6 is 0 Å². The molecule has 1 aromatic heterocycles. The normalized spacial score (nSPS) is 32.3. The minimum atomic E-state index is -0.347. The first-order valence-electron chi connectivity index (χ1n) is 11.7. The number of fused-ring (bicyclic) bond motifs is 4. The summed E-state index contributed by atoms with van der Waals surface area (Å²) in [7, 11) is 1.74. The maximum Gasteiger partial charge on any atom is 0.245 e. The van der Waals surface area contributed by atoms with Crippen LogP contribution in [0.25, 0.3) is 0 Å². The van der Waals surface area contributed by atoms with Gasteiger partial charge in [0.05, 0.1) is 12.6 Å². The van der Waals surface area contributed by atoms with Crippen molar-refractivity contribution < 1.29 is 18.7 Å². The number of aryl methyl sites for hydroxylation is 1. The Morgan fingerprint density at radius 1 is 1.16 bits per heavy atom. The molecule has 1 aromatic rings. The van der Waals surface area contributed by atoms with Gasteiger partial charge in [-0.25, -0.2) is 0 Å². The molecule has 4 aliphatic rings. The topological polar surface area (TPSA) is 92.0 Å². The molecular weight excluding hydrogens is 398 g/mol. The number of aromatic nitrogens is 2. The highest BCUT2D eigenvalue weighted by Gasteiger charge is 2.52. The lowest BCUT2D eigenvalue weighted by Crippen LogP contribution is -2.68. The number of amides is 2. The standard InChI is InChI=1S/C22H33N5O4/c1-14-23-24-19(31-14)13-25-11-15-10-16(12-25)21(27-18(15)4-3-5-20(27)28)22(29)26-8-6-17(30-2)7-9-26/h15-18,21H,3-13H2,1-2H3/t15-,16+,18-,21+/m0/s1. The van der Waals surface area contributed by atoms with Crippen LogP contribution < -0.4 is 0 Å². The molecule has 5 heterocycles. The Morgan fingerprint density at radius 3 is 2.65 bits per heavy atom. The molecule has 0 unspecified atom stereocenters. The molecule has 0 aromatic carbocycles. The molecule has 2 amide bonds. The highest BCUT2D eigenvalue weighted by Crippen LogP contribution is 2.42. The summed E-state index contributed by atoms with van der Waals surface area (Å²) >= 11 is 0. The van der Waals surface area contributed by atoms with Gasteiger partial charge in [-0.1, -0.05) is 0 Å². The van der Waals surface area contributed by atoms with Gasteiger partial charge in [0.15, 0.2) is 0 Å². The first-order chi connectivity index (χ1) is 15.0. The highest BCUT2D eigenvalue weighted by molar-refractivity contribution is 5.89. The first kappa shape index (κ1) is 20.9. The van der Waals surface area contributed by atoms with E-state index in [2.05, 4.69) is 15.1 Å². The van der Waals surface area contributed by atoms with Crippen molar-refractivity contribution in [1.29, 1.82) is 0 Å². The van der Waals surface area contributed by atoms with E-state index >= 15 is 0 Å². The molecule has 5 rings (SSSR count). The van der Waals surface area contributed by atoms with Crippen LogP contribution in [-0.4, -0.2) is 88.2 Å². The van der Waals surface area contributed by atoms with Gasteiger partial charge in [-0.2, -0.15) is 0 Å². The Balaban J connectivity index is 1.37. The van der Waals surface area contributed by atoms with Gasteiger partial charge in [0, 0.05) is 58.6 Å². The number of carbonyl (C=O) groups is 2. The van der Waals surface area contributed by atoms with Gasteiger partial charge in [0.2, 0.25) is 23.6 Å². The SMILES string of the molecule is COC1CCN(C(=O)[C@H]2[C@@H]3C[C@@H](CN(Cc4nnc(C)o4)C3)[C@@H]3CCCC(=O)N32)CC1. The Morgan fingerprint density at radius 2 is 1.94 bits per heavy atom. The summed E-state index contributed by atoms with van der Waals surface area (Å²) in [6, 6.07) is -0.185. The zero-order valence-electron chi connectivity index (χ0n) is 18.5. The van der Waals surface area contributed by atoms with Crippen molar-refractivity contribution >= 4 is 11.8 Å². The van der Waals surface area contributed by atoms with Gasteiger partial charge in [-0.15, -0.1) is 10.2 Å². The Hall–Kier alpha value is -2.00. The first-order valence-corrected chi connectivity index (χ1v) is 11.7. The molecule has 0 saturated carbocycles. The van der Waals surface area contributed by atoms with Crippen LogP contribution in [0.2, 0.25) is 0 Å². The smallest absolute Gasteiger partial charge is 0.245 e. The van der Waals surface area contributed by atoms with E-state index in [0.29, 0.717) is 43.8 Å². The number of hydrogen-bond acceptors (Lipinski definition) is 7. The second-order valence-electron chi connectivity index (χ2n) is 9.63. The number of rotatable bonds is 4. The zero-order chi connectivity index (χ0) is 21.5. The van der Waals surface area contributed by atoms with E-state index in [0.717, 1.165) is 45.2 Å². The molecular formula is C22H33N5O4. The van der Waals surface area contributed by atoms with Crippen LogP contribution in [0.3, 0.4) is 0 Å².